The molecule has 1 fully saturated rings. The summed E-state index contributed by atoms with van der Waals surface area (Å²) in [5.41, 5.74) is 7.44. The van der Waals surface area contributed by atoms with Gasteiger partial charge < -0.3 is 20.7 Å². The van der Waals surface area contributed by atoms with Crippen molar-refractivity contribution in [1.82, 2.24) is 4.98 Å². The maximum Gasteiger partial charge on any atom is 0.241 e. The molecule has 1 aromatic heterocycles. The van der Waals surface area contributed by atoms with Crippen molar-refractivity contribution in [3.63, 3.8) is 0 Å². The number of thiazole rings is 1. The summed E-state index contributed by atoms with van der Waals surface area (Å²) in [6, 6.07) is 5.22. The minimum atomic E-state index is -0.557. The maximum absolute atomic E-state index is 12.3. The molecule has 6 nitrogen and oxygen atoms in total. The number of carbonyl (C=O) groups excluding carboxylic acids is 1. The molecule has 0 saturated carbocycles. The van der Waals surface area contributed by atoms with Gasteiger partial charge in [-0.3, -0.25) is 4.79 Å². The third-order valence-electron chi connectivity index (χ3n) is 4.14. The van der Waals surface area contributed by atoms with E-state index in [1.165, 1.54) is 0 Å². The van der Waals surface area contributed by atoms with Gasteiger partial charge >= 0.3 is 0 Å². The zero-order valence-corrected chi connectivity index (χ0v) is 17.6. The Labute approximate surface area is 170 Å². The number of anilines is 2. The number of benzene rings is 1. The molecular weight excluding hydrogens is 395 g/mol. The van der Waals surface area contributed by atoms with Crippen molar-refractivity contribution in [3.05, 3.63) is 18.2 Å². The van der Waals surface area contributed by atoms with Gasteiger partial charge in [0.2, 0.25) is 5.91 Å². The van der Waals surface area contributed by atoms with Crippen LogP contribution in [-0.2, 0) is 9.53 Å². The fourth-order valence-corrected chi connectivity index (χ4v) is 3.55. The number of morpholine rings is 1. The van der Waals surface area contributed by atoms with E-state index in [9.17, 15) is 4.79 Å². The molecule has 3 rings (SSSR count). The zero-order chi connectivity index (χ0) is 17.3. The Balaban J connectivity index is 0.00000169. The highest BCUT2D eigenvalue weighted by molar-refractivity contribution is 7.22. The van der Waals surface area contributed by atoms with Crippen molar-refractivity contribution < 1.29 is 9.53 Å². The first kappa shape index (κ1) is 22.9. The van der Waals surface area contributed by atoms with E-state index in [2.05, 4.69) is 15.2 Å². The number of halogens is 2. The molecule has 0 radical (unpaired) electrons. The Morgan fingerprint density at radius 3 is 2.58 bits per heavy atom. The van der Waals surface area contributed by atoms with Crippen molar-refractivity contribution in [1.29, 1.82) is 0 Å². The number of hydrogen-bond acceptors (Lipinski definition) is 6. The number of ether oxygens (including phenoxy) is 1. The largest absolute Gasteiger partial charge is 0.378 e. The van der Waals surface area contributed by atoms with Gasteiger partial charge in [0.1, 0.15) is 0 Å². The van der Waals surface area contributed by atoms with Crippen molar-refractivity contribution >= 4 is 63.1 Å². The number of nitrogens with one attached hydrogen (secondary N) is 1. The molecule has 2 heterocycles. The quantitative estimate of drug-likeness (QED) is 0.795. The summed E-state index contributed by atoms with van der Waals surface area (Å²) in [5, 5.41) is 3.91. The fourth-order valence-electron chi connectivity index (χ4n) is 2.49. The molecule has 26 heavy (non-hydrogen) atoms. The number of rotatable bonds is 3. The summed E-state index contributed by atoms with van der Waals surface area (Å²) >= 11 is 1.64. The molecule has 0 spiro atoms. The van der Waals surface area contributed by atoms with Crippen LogP contribution in [0.5, 0.6) is 0 Å². The van der Waals surface area contributed by atoms with Crippen LogP contribution in [-0.4, -0.2) is 43.2 Å². The number of aromatic nitrogens is 1. The predicted octanol–water partition coefficient (Wildman–Crippen LogP) is 3.29. The lowest BCUT2D eigenvalue weighted by Gasteiger charge is -2.25. The Bertz CT molecular complexity index is 742. The third-order valence-corrected chi connectivity index (χ3v) is 5.22. The second-order valence-electron chi connectivity index (χ2n) is 7.11. The number of amides is 1. The molecule has 9 heteroatoms. The van der Waals surface area contributed by atoms with Crippen LogP contribution in [0.1, 0.15) is 20.8 Å². The molecule has 2 aromatic rings. The average molecular weight is 421 g/mol. The van der Waals surface area contributed by atoms with E-state index in [0.29, 0.717) is 0 Å². The second kappa shape index (κ2) is 9.19. The molecule has 1 amide bonds. The van der Waals surface area contributed by atoms with E-state index in [1.807, 2.05) is 39.0 Å². The summed E-state index contributed by atoms with van der Waals surface area (Å²) in [7, 11) is 0. The third kappa shape index (κ3) is 5.20. The minimum Gasteiger partial charge on any atom is -0.378 e. The molecule has 1 atom stereocenters. The van der Waals surface area contributed by atoms with Crippen molar-refractivity contribution in [3.8, 4) is 0 Å². The van der Waals surface area contributed by atoms with E-state index in [-0.39, 0.29) is 36.1 Å². The average Bonchev–Trinajstić information content (AvgIpc) is 2.97. The Kier molecular flexibility index (Phi) is 8.10. The lowest BCUT2D eigenvalue weighted by atomic mass is 9.87. The lowest BCUT2D eigenvalue weighted by molar-refractivity contribution is -0.119. The van der Waals surface area contributed by atoms with E-state index in [1.54, 1.807) is 11.3 Å². The van der Waals surface area contributed by atoms with Crippen LogP contribution in [0.4, 0.5) is 10.8 Å². The van der Waals surface area contributed by atoms with E-state index in [4.69, 9.17) is 10.5 Å². The Morgan fingerprint density at radius 2 is 1.96 bits per heavy atom. The van der Waals surface area contributed by atoms with E-state index in [0.717, 1.165) is 47.3 Å². The number of hydrogen-bond donors (Lipinski definition) is 2. The molecular formula is C17H26Cl2N4O2S. The lowest BCUT2D eigenvalue weighted by Crippen LogP contribution is -2.45. The summed E-state index contributed by atoms with van der Waals surface area (Å²) in [6.45, 7) is 9.08. The highest BCUT2D eigenvalue weighted by Crippen LogP contribution is 2.31. The first-order valence-corrected chi connectivity index (χ1v) is 8.96. The first-order chi connectivity index (χ1) is 11.3. The number of nitrogens with zero attached hydrogens (tertiary/aromatic N) is 2. The van der Waals surface area contributed by atoms with Gasteiger partial charge in [0.05, 0.1) is 29.5 Å². The standard InChI is InChI=1S/C17H24N4O2S.2ClH/c1-17(2,3)14(18)15(22)19-11-4-5-12-13(10-11)24-16(20-12)21-6-8-23-9-7-21;;/h4-5,10,14H,6-9,18H2,1-3H3,(H,19,22);2*1H/t14-;;/m1../s1. The van der Waals surface area contributed by atoms with E-state index >= 15 is 0 Å². The van der Waals surface area contributed by atoms with Gasteiger partial charge in [0.15, 0.2) is 5.13 Å². The van der Waals surface area contributed by atoms with Crippen LogP contribution >= 0.6 is 36.2 Å². The number of fused-ring (bicyclic) bond motifs is 1. The van der Waals surface area contributed by atoms with Gasteiger partial charge in [-0.2, -0.15) is 0 Å². The number of carbonyl (C=O) groups is 1. The minimum absolute atomic E-state index is 0. The summed E-state index contributed by atoms with van der Waals surface area (Å²) in [4.78, 5) is 19.2. The van der Waals surface area contributed by atoms with Crippen LogP contribution < -0.4 is 16.0 Å². The molecule has 1 aliphatic rings. The molecule has 0 aliphatic carbocycles. The van der Waals surface area contributed by atoms with Crippen molar-refractivity contribution in [2.75, 3.05) is 36.5 Å². The Morgan fingerprint density at radius 1 is 1.31 bits per heavy atom. The van der Waals surface area contributed by atoms with Crippen LogP contribution in [0.3, 0.4) is 0 Å². The van der Waals surface area contributed by atoms with Crippen LogP contribution in [0.2, 0.25) is 0 Å². The van der Waals surface area contributed by atoms with Crippen LogP contribution in [0.25, 0.3) is 10.2 Å². The molecule has 3 N–H and O–H groups in total. The van der Waals surface area contributed by atoms with Gasteiger partial charge in [0.25, 0.3) is 0 Å². The first-order valence-electron chi connectivity index (χ1n) is 8.14. The molecule has 0 unspecified atom stereocenters. The summed E-state index contributed by atoms with van der Waals surface area (Å²) in [5.74, 6) is -0.167. The highest BCUT2D eigenvalue weighted by Gasteiger charge is 2.27. The second-order valence-corrected chi connectivity index (χ2v) is 8.12. The smallest absolute Gasteiger partial charge is 0.241 e. The summed E-state index contributed by atoms with van der Waals surface area (Å²) < 4.78 is 6.44. The maximum atomic E-state index is 12.3. The topological polar surface area (TPSA) is 80.5 Å². The molecule has 1 aromatic carbocycles. The van der Waals surface area contributed by atoms with Crippen LogP contribution in [0, 0.1) is 5.41 Å². The van der Waals surface area contributed by atoms with Gasteiger partial charge in [-0.15, -0.1) is 24.8 Å². The van der Waals surface area contributed by atoms with Crippen molar-refractivity contribution in [2.24, 2.45) is 11.1 Å². The van der Waals surface area contributed by atoms with Gasteiger partial charge in [-0.1, -0.05) is 32.1 Å². The monoisotopic (exact) mass is 420 g/mol. The molecule has 1 saturated heterocycles. The highest BCUT2D eigenvalue weighted by atomic mass is 35.5. The fraction of sp³-hybridized carbons (Fsp3) is 0.529. The Hall–Kier alpha value is -1.12. The SMILES string of the molecule is CC(C)(C)[C@H](N)C(=O)Nc1ccc2nc(N3CCOCC3)sc2c1.Cl.Cl. The predicted molar refractivity (Wildman–Crippen MR) is 113 cm³/mol. The van der Waals surface area contributed by atoms with E-state index < -0.39 is 6.04 Å². The summed E-state index contributed by atoms with van der Waals surface area (Å²) in [6.07, 6.45) is 0. The molecule has 1 aliphatic heterocycles. The van der Waals surface area contributed by atoms with Gasteiger partial charge in [-0.25, -0.2) is 4.98 Å². The molecule has 0 bridgehead atoms. The number of nitrogens with two attached hydrogens (primary N) is 1. The molecule has 146 valence electrons. The normalized spacial score (nSPS) is 15.8. The van der Waals surface area contributed by atoms with Crippen LogP contribution in [0.15, 0.2) is 18.2 Å². The van der Waals surface area contributed by atoms with Crippen molar-refractivity contribution in [2.45, 2.75) is 26.8 Å². The zero-order valence-electron chi connectivity index (χ0n) is 15.2. The van der Waals surface area contributed by atoms with Gasteiger partial charge in [-0.05, 0) is 23.6 Å². The van der Waals surface area contributed by atoms with Gasteiger partial charge in [0, 0.05) is 18.8 Å².